The summed E-state index contributed by atoms with van der Waals surface area (Å²) in [7, 11) is 0. The van der Waals surface area contributed by atoms with Crippen molar-refractivity contribution < 1.29 is 0 Å². The van der Waals surface area contributed by atoms with Gasteiger partial charge in [0.05, 0.1) is 0 Å². The lowest BCUT2D eigenvalue weighted by Crippen LogP contribution is -2.20. The lowest BCUT2D eigenvalue weighted by molar-refractivity contribution is 0.642. The maximum atomic E-state index is 4.29. The molecule has 1 unspecified atom stereocenters. The molecule has 1 aliphatic carbocycles. The summed E-state index contributed by atoms with van der Waals surface area (Å²) in [6, 6.07) is 4.56. The normalized spacial score (nSPS) is 20.8. The Hall–Kier alpha value is -0.830. The molecule has 1 aliphatic rings. The minimum atomic E-state index is 0.550. The highest BCUT2D eigenvalue weighted by Crippen LogP contribution is 2.17. The van der Waals surface area contributed by atoms with Crippen molar-refractivity contribution in [2.45, 2.75) is 25.3 Å². The topological polar surface area (TPSA) is 24.9 Å². The highest BCUT2D eigenvalue weighted by molar-refractivity contribution is 9.10. The summed E-state index contributed by atoms with van der Waals surface area (Å²) in [5.41, 5.74) is 0. The second-order valence-electron chi connectivity index (χ2n) is 3.49. The molecule has 0 aromatic carbocycles. The van der Waals surface area contributed by atoms with Gasteiger partial charge in [-0.1, -0.05) is 12.2 Å². The predicted octanol–water partition coefficient (Wildman–Crippen LogP) is 3.36. The molecule has 0 saturated heterocycles. The molecule has 0 spiro atoms. The molecule has 1 aromatic heterocycles. The highest BCUT2D eigenvalue weighted by atomic mass is 79.9. The standard InChI is InChI=1S/C11H13BrN2/c12-9-6-7-11(13-8-9)14-10-4-2-1-3-5-10/h1-2,6-8,10H,3-5H2,(H,13,14). The van der Waals surface area contributed by atoms with Crippen molar-refractivity contribution in [2.24, 2.45) is 0 Å². The second-order valence-corrected chi connectivity index (χ2v) is 4.40. The van der Waals surface area contributed by atoms with Crippen LogP contribution >= 0.6 is 15.9 Å². The van der Waals surface area contributed by atoms with Crippen LogP contribution in [0.2, 0.25) is 0 Å². The molecule has 2 rings (SSSR count). The summed E-state index contributed by atoms with van der Waals surface area (Å²) < 4.78 is 1.02. The molecular weight excluding hydrogens is 240 g/mol. The zero-order chi connectivity index (χ0) is 9.80. The summed E-state index contributed by atoms with van der Waals surface area (Å²) in [6.45, 7) is 0. The number of rotatable bonds is 2. The van der Waals surface area contributed by atoms with E-state index in [1.54, 1.807) is 0 Å². The Labute approximate surface area is 92.6 Å². The summed E-state index contributed by atoms with van der Waals surface area (Å²) in [4.78, 5) is 4.29. The number of hydrogen-bond donors (Lipinski definition) is 1. The number of pyridine rings is 1. The van der Waals surface area contributed by atoms with E-state index in [1.165, 1.54) is 12.8 Å². The van der Waals surface area contributed by atoms with E-state index in [9.17, 15) is 0 Å². The van der Waals surface area contributed by atoms with Crippen LogP contribution in [0, 0.1) is 0 Å². The average molecular weight is 253 g/mol. The van der Waals surface area contributed by atoms with Gasteiger partial charge in [0.25, 0.3) is 0 Å². The molecule has 14 heavy (non-hydrogen) atoms. The van der Waals surface area contributed by atoms with Gasteiger partial charge in [-0.05, 0) is 47.3 Å². The van der Waals surface area contributed by atoms with Crippen molar-refractivity contribution in [1.29, 1.82) is 0 Å². The molecule has 3 heteroatoms. The molecule has 0 radical (unpaired) electrons. The lowest BCUT2D eigenvalue weighted by Gasteiger charge is -2.19. The van der Waals surface area contributed by atoms with Gasteiger partial charge in [-0.15, -0.1) is 0 Å². The molecule has 1 N–H and O–H groups in total. The van der Waals surface area contributed by atoms with Crippen LogP contribution in [0.5, 0.6) is 0 Å². The van der Waals surface area contributed by atoms with Gasteiger partial charge in [0.1, 0.15) is 5.82 Å². The van der Waals surface area contributed by atoms with E-state index in [0.717, 1.165) is 16.7 Å². The smallest absolute Gasteiger partial charge is 0.126 e. The van der Waals surface area contributed by atoms with Gasteiger partial charge >= 0.3 is 0 Å². The molecule has 0 saturated carbocycles. The number of halogens is 1. The molecule has 1 aromatic rings. The fourth-order valence-electron chi connectivity index (χ4n) is 1.60. The van der Waals surface area contributed by atoms with Gasteiger partial charge < -0.3 is 5.32 Å². The first-order chi connectivity index (χ1) is 6.84. The number of nitrogens with zero attached hydrogens (tertiary/aromatic N) is 1. The summed E-state index contributed by atoms with van der Waals surface area (Å²) in [6.07, 6.45) is 9.79. The van der Waals surface area contributed by atoms with Crippen LogP contribution in [0.15, 0.2) is 35.0 Å². The van der Waals surface area contributed by atoms with Crippen molar-refractivity contribution >= 4 is 21.7 Å². The maximum Gasteiger partial charge on any atom is 0.126 e. The third kappa shape index (κ3) is 2.58. The molecule has 0 aliphatic heterocycles. The number of aromatic nitrogens is 1. The minimum Gasteiger partial charge on any atom is -0.367 e. The van der Waals surface area contributed by atoms with Gasteiger partial charge in [0.2, 0.25) is 0 Å². The van der Waals surface area contributed by atoms with Gasteiger partial charge in [-0.25, -0.2) is 4.98 Å². The molecular formula is C11H13BrN2. The Balaban J connectivity index is 1.96. The Kier molecular flexibility index (Phi) is 3.19. The van der Waals surface area contributed by atoms with Crippen LogP contribution in [0.3, 0.4) is 0 Å². The van der Waals surface area contributed by atoms with Crippen LogP contribution < -0.4 is 5.32 Å². The highest BCUT2D eigenvalue weighted by Gasteiger charge is 2.09. The van der Waals surface area contributed by atoms with Crippen molar-refractivity contribution in [3.8, 4) is 0 Å². The summed E-state index contributed by atoms with van der Waals surface area (Å²) in [5, 5.41) is 3.42. The van der Waals surface area contributed by atoms with E-state index < -0.39 is 0 Å². The molecule has 0 fully saturated rings. The van der Waals surface area contributed by atoms with E-state index in [0.29, 0.717) is 6.04 Å². The largest absolute Gasteiger partial charge is 0.367 e. The molecule has 2 nitrogen and oxygen atoms in total. The van der Waals surface area contributed by atoms with Crippen molar-refractivity contribution in [3.63, 3.8) is 0 Å². The molecule has 0 amide bonds. The zero-order valence-electron chi connectivity index (χ0n) is 7.91. The Morgan fingerprint density at radius 1 is 1.36 bits per heavy atom. The molecule has 74 valence electrons. The number of hydrogen-bond acceptors (Lipinski definition) is 2. The van der Waals surface area contributed by atoms with Gasteiger partial charge in [0, 0.05) is 16.7 Å². The Morgan fingerprint density at radius 3 is 2.93 bits per heavy atom. The van der Waals surface area contributed by atoms with E-state index in [4.69, 9.17) is 0 Å². The van der Waals surface area contributed by atoms with E-state index in [2.05, 4.69) is 38.4 Å². The van der Waals surface area contributed by atoms with Crippen LogP contribution in [0.1, 0.15) is 19.3 Å². The minimum absolute atomic E-state index is 0.550. The third-order valence-electron chi connectivity index (χ3n) is 2.35. The lowest BCUT2D eigenvalue weighted by atomic mass is 10.0. The fourth-order valence-corrected chi connectivity index (χ4v) is 1.83. The zero-order valence-corrected chi connectivity index (χ0v) is 9.50. The first kappa shape index (κ1) is 9.71. The number of nitrogens with one attached hydrogen (secondary N) is 1. The van der Waals surface area contributed by atoms with Crippen LogP contribution in [-0.2, 0) is 0 Å². The predicted molar refractivity (Wildman–Crippen MR) is 62.3 cm³/mol. The molecule has 1 heterocycles. The quantitative estimate of drug-likeness (QED) is 0.817. The summed E-state index contributed by atoms with van der Waals surface area (Å²) in [5.74, 6) is 0.966. The van der Waals surface area contributed by atoms with E-state index >= 15 is 0 Å². The average Bonchev–Trinajstić information content (AvgIpc) is 2.23. The van der Waals surface area contributed by atoms with Crippen molar-refractivity contribution in [3.05, 3.63) is 35.0 Å². The molecule has 1 atom stereocenters. The van der Waals surface area contributed by atoms with Gasteiger partial charge in [-0.2, -0.15) is 0 Å². The maximum absolute atomic E-state index is 4.29. The van der Waals surface area contributed by atoms with Crippen LogP contribution in [0.25, 0.3) is 0 Å². The van der Waals surface area contributed by atoms with Crippen LogP contribution in [0.4, 0.5) is 5.82 Å². The molecule has 0 bridgehead atoms. The van der Waals surface area contributed by atoms with Crippen molar-refractivity contribution in [2.75, 3.05) is 5.32 Å². The van der Waals surface area contributed by atoms with E-state index in [1.807, 2.05) is 18.3 Å². The van der Waals surface area contributed by atoms with Crippen molar-refractivity contribution in [1.82, 2.24) is 4.98 Å². The Morgan fingerprint density at radius 2 is 2.29 bits per heavy atom. The monoisotopic (exact) mass is 252 g/mol. The first-order valence-corrected chi connectivity index (χ1v) is 5.67. The Bertz CT molecular complexity index is 319. The second kappa shape index (κ2) is 4.60. The summed E-state index contributed by atoms with van der Waals surface area (Å²) >= 11 is 3.37. The van der Waals surface area contributed by atoms with Gasteiger partial charge in [0.15, 0.2) is 0 Å². The van der Waals surface area contributed by atoms with E-state index in [-0.39, 0.29) is 0 Å². The first-order valence-electron chi connectivity index (χ1n) is 4.88. The number of allylic oxidation sites excluding steroid dienone is 1. The van der Waals surface area contributed by atoms with Crippen LogP contribution in [-0.4, -0.2) is 11.0 Å². The van der Waals surface area contributed by atoms with Gasteiger partial charge in [-0.3, -0.25) is 0 Å². The third-order valence-corrected chi connectivity index (χ3v) is 2.82. The number of anilines is 1. The fraction of sp³-hybridized carbons (Fsp3) is 0.364. The SMILES string of the molecule is Brc1ccc(NC2CC=CCC2)nc1.